The molecule has 1 saturated heterocycles. The molecule has 1 fully saturated rings. The Labute approximate surface area is 82.1 Å². The summed E-state index contributed by atoms with van der Waals surface area (Å²) < 4.78 is 0. The van der Waals surface area contributed by atoms with Gasteiger partial charge in [-0.1, -0.05) is 0 Å². The molecule has 2 N–H and O–H groups in total. The highest BCUT2D eigenvalue weighted by Gasteiger charge is 2.30. The smallest absolute Gasteiger partial charge is 0.322 e. The van der Waals surface area contributed by atoms with E-state index in [1.807, 2.05) is 0 Å². The Kier molecular flexibility index (Phi) is 3.48. The van der Waals surface area contributed by atoms with E-state index in [9.17, 15) is 9.59 Å². The zero-order valence-corrected chi connectivity index (χ0v) is 7.69. The van der Waals surface area contributed by atoms with Crippen molar-refractivity contribution in [2.75, 3.05) is 19.6 Å². The van der Waals surface area contributed by atoms with Crippen molar-refractivity contribution in [3.8, 4) is 12.3 Å². The summed E-state index contributed by atoms with van der Waals surface area (Å²) >= 11 is 0. The zero-order valence-electron chi connectivity index (χ0n) is 7.69. The highest BCUT2D eigenvalue weighted by atomic mass is 16.4. The molecule has 0 aliphatic carbocycles. The lowest BCUT2D eigenvalue weighted by atomic mass is 10.2. The molecule has 1 rings (SSSR count). The number of amides is 1. The minimum Gasteiger partial charge on any atom is -0.480 e. The van der Waals surface area contributed by atoms with Crippen molar-refractivity contribution < 1.29 is 14.7 Å². The molecule has 0 radical (unpaired) electrons. The van der Waals surface area contributed by atoms with Gasteiger partial charge in [-0.05, 0) is 0 Å². The van der Waals surface area contributed by atoms with Gasteiger partial charge in [0, 0.05) is 19.5 Å². The van der Waals surface area contributed by atoms with Crippen molar-refractivity contribution in [1.29, 1.82) is 0 Å². The van der Waals surface area contributed by atoms with Gasteiger partial charge >= 0.3 is 5.97 Å². The summed E-state index contributed by atoms with van der Waals surface area (Å²) in [6, 6.07) is -0.652. The number of nitrogens with zero attached hydrogens (tertiary/aromatic N) is 1. The monoisotopic (exact) mass is 196 g/mol. The number of hydrogen-bond acceptors (Lipinski definition) is 3. The minimum absolute atomic E-state index is 0.110. The first kappa shape index (κ1) is 10.5. The Morgan fingerprint density at radius 1 is 1.79 bits per heavy atom. The van der Waals surface area contributed by atoms with Crippen molar-refractivity contribution in [2.45, 2.75) is 12.5 Å². The van der Waals surface area contributed by atoms with Crippen molar-refractivity contribution in [3.05, 3.63) is 0 Å². The minimum atomic E-state index is -0.929. The van der Waals surface area contributed by atoms with Crippen LogP contribution in [0.3, 0.4) is 0 Å². The summed E-state index contributed by atoms with van der Waals surface area (Å²) in [7, 11) is 0. The number of rotatable bonds is 3. The van der Waals surface area contributed by atoms with Crippen molar-refractivity contribution in [2.24, 2.45) is 0 Å². The van der Waals surface area contributed by atoms with E-state index in [4.69, 9.17) is 11.5 Å². The van der Waals surface area contributed by atoms with E-state index in [0.717, 1.165) is 0 Å². The van der Waals surface area contributed by atoms with Gasteiger partial charge in [-0.15, -0.1) is 12.3 Å². The van der Waals surface area contributed by atoms with Crippen LogP contribution in [-0.2, 0) is 9.59 Å². The topological polar surface area (TPSA) is 69.6 Å². The van der Waals surface area contributed by atoms with Gasteiger partial charge in [0.2, 0.25) is 5.91 Å². The number of terminal acetylenes is 1. The van der Waals surface area contributed by atoms with Gasteiger partial charge < -0.3 is 10.4 Å². The second-order valence-corrected chi connectivity index (χ2v) is 3.08. The maximum Gasteiger partial charge on any atom is 0.322 e. The zero-order chi connectivity index (χ0) is 10.6. The lowest BCUT2D eigenvalue weighted by Crippen LogP contribution is -2.57. The second-order valence-electron chi connectivity index (χ2n) is 3.08. The van der Waals surface area contributed by atoms with E-state index in [1.165, 1.54) is 0 Å². The molecule has 0 aromatic heterocycles. The SMILES string of the molecule is C#CCCN1CC(=O)NCC1C(=O)O. The largest absolute Gasteiger partial charge is 0.480 e. The van der Waals surface area contributed by atoms with Gasteiger partial charge in [0.15, 0.2) is 0 Å². The fourth-order valence-corrected chi connectivity index (χ4v) is 1.38. The van der Waals surface area contributed by atoms with Crippen molar-refractivity contribution >= 4 is 11.9 Å². The number of carboxylic acid groups (broad SMARTS) is 1. The van der Waals surface area contributed by atoms with Gasteiger partial charge in [0.05, 0.1) is 6.54 Å². The van der Waals surface area contributed by atoms with Crippen LogP contribution >= 0.6 is 0 Å². The summed E-state index contributed by atoms with van der Waals surface area (Å²) in [6.07, 6.45) is 5.53. The third-order valence-electron chi connectivity index (χ3n) is 2.11. The second kappa shape index (κ2) is 4.63. The fourth-order valence-electron chi connectivity index (χ4n) is 1.38. The lowest BCUT2D eigenvalue weighted by Gasteiger charge is -2.31. The fraction of sp³-hybridized carbons (Fsp3) is 0.556. The predicted molar refractivity (Wildman–Crippen MR) is 49.5 cm³/mol. The normalized spacial score (nSPS) is 22.5. The number of aliphatic carboxylic acids is 1. The van der Waals surface area contributed by atoms with Crippen molar-refractivity contribution in [1.82, 2.24) is 10.2 Å². The van der Waals surface area contributed by atoms with Crippen LogP contribution in [0.5, 0.6) is 0 Å². The molecular weight excluding hydrogens is 184 g/mol. The van der Waals surface area contributed by atoms with E-state index < -0.39 is 12.0 Å². The van der Waals surface area contributed by atoms with Gasteiger partial charge in [0.25, 0.3) is 0 Å². The third-order valence-corrected chi connectivity index (χ3v) is 2.11. The van der Waals surface area contributed by atoms with Crippen LogP contribution in [0.25, 0.3) is 0 Å². The number of carboxylic acids is 1. The van der Waals surface area contributed by atoms with Gasteiger partial charge in [-0.25, -0.2) is 0 Å². The van der Waals surface area contributed by atoms with E-state index in [0.29, 0.717) is 13.0 Å². The molecule has 76 valence electrons. The molecule has 0 aromatic carbocycles. The van der Waals surface area contributed by atoms with Crippen LogP contribution in [0.1, 0.15) is 6.42 Å². The molecule has 0 spiro atoms. The molecule has 1 unspecified atom stereocenters. The first-order valence-corrected chi connectivity index (χ1v) is 4.32. The van der Waals surface area contributed by atoms with Crippen molar-refractivity contribution in [3.63, 3.8) is 0 Å². The number of carbonyl (C=O) groups excluding carboxylic acids is 1. The Hall–Kier alpha value is -1.54. The molecule has 1 atom stereocenters. The van der Waals surface area contributed by atoms with Crippen LogP contribution in [0.15, 0.2) is 0 Å². The molecule has 5 nitrogen and oxygen atoms in total. The van der Waals surface area contributed by atoms with E-state index in [2.05, 4.69) is 11.2 Å². The molecule has 1 aliphatic heterocycles. The summed E-state index contributed by atoms with van der Waals surface area (Å²) in [5, 5.41) is 11.4. The molecule has 1 heterocycles. The van der Waals surface area contributed by atoms with Gasteiger partial charge in [0.1, 0.15) is 6.04 Å². The van der Waals surface area contributed by atoms with Crippen LogP contribution < -0.4 is 5.32 Å². The molecule has 5 heteroatoms. The predicted octanol–water partition coefficient (Wildman–Crippen LogP) is -1.11. The Balaban J connectivity index is 2.59. The summed E-state index contributed by atoms with van der Waals surface area (Å²) in [5.41, 5.74) is 0. The Morgan fingerprint density at radius 2 is 2.50 bits per heavy atom. The van der Waals surface area contributed by atoms with Gasteiger partial charge in [-0.3, -0.25) is 14.5 Å². The van der Waals surface area contributed by atoms with E-state index in [1.54, 1.807) is 4.90 Å². The molecule has 0 bridgehead atoms. The maximum atomic E-state index is 11.0. The quantitative estimate of drug-likeness (QED) is 0.562. The number of nitrogens with one attached hydrogen (secondary N) is 1. The number of piperazine rings is 1. The third kappa shape index (κ3) is 2.47. The summed E-state index contributed by atoms with van der Waals surface area (Å²) in [5.74, 6) is 1.34. The molecular formula is C9H12N2O3. The lowest BCUT2D eigenvalue weighted by molar-refractivity contribution is -0.145. The highest BCUT2D eigenvalue weighted by molar-refractivity contribution is 5.83. The first-order chi connectivity index (χ1) is 6.65. The van der Waals surface area contributed by atoms with Crippen LogP contribution in [0, 0.1) is 12.3 Å². The molecule has 0 aromatic rings. The molecule has 1 aliphatic rings. The van der Waals surface area contributed by atoms with Gasteiger partial charge in [-0.2, -0.15) is 0 Å². The molecule has 1 amide bonds. The molecule has 14 heavy (non-hydrogen) atoms. The van der Waals surface area contributed by atoms with Crippen LogP contribution in [0.4, 0.5) is 0 Å². The molecule has 0 saturated carbocycles. The van der Waals surface area contributed by atoms with E-state index >= 15 is 0 Å². The standard InChI is InChI=1S/C9H12N2O3/c1-2-3-4-11-6-8(12)10-5-7(11)9(13)14/h1,7H,3-6H2,(H,10,12)(H,13,14). The Morgan fingerprint density at radius 3 is 3.07 bits per heavy atom. The average molecular weight is 196 g/mol. The summed E-state index contributed by atoms with van der Waals surface area (Å²) in [6.45, 7) is 0.707. The highest BCUT2D eigenvalue weighted by Crippen LogP contribution is 2.04. The first-order valence-electron chi connectivity index (χ1n) is 4.32. The van der Waals surface area contributed by atoms with Crippen LogP contribution in [0.2, 0.25) is 0 Å². The Bertz CT molecular complexity index is 282. The average Bonchev–Trinajstić information content (AvgIpc) is 2.14. The number of hydrogen-bond donors (Lipinski definition) is 2. The van der Waals surface area contributed by atoms with E-state index in [-0.39, 0.29) is 19.0 Å². The summed E-state index contributed by atoms with van der Waals surface area (Å²) in [4.78, 5) is 23.4. The number of carbonyl (C=O) groups is 2. The maximum absolute atomic E-state index is 11.0. The van der Waals surface area contributed by atoms with Crippen LogP contribution in [-0.4, -0.2) is 47.6 Å².